The molecule has 1 aromatic rings. The van der Waals surface area contributed by atoms with Crippen molar-refractivity contribution in [3.05, 3.63) is 29.3 Å². The fourth-order valence-electron chi connectivity index (χ4n) is 1.64. The zero-order chi connectivity index (χ0) is 12.8. The van der Waals surface area contributed by atoms with Gasteiger partial charge in [-0.15, -0.1) is 6.42 Å². The van der Waals surface area contributed by atoms with Crippen LogP contribution in [-0.4, -0.2) is 18.9 Å². The smallest absolute Gasteiger partial charge is 0.161 e. The number of benzene rings is 1. The average molecular weight is 226 g/mol. The standard InChI is InChI=1S/C14H14N2O/c1-4-8-16(5-2)14-9-12(10-15)6-7-13(14)11(3)17/h1,6-7,9H,5,8H2,2-3H3. The SMILES string of the molecule is C#CCN(CC)c1cc(C#N)ccc1C(C)=O. The van der Waals surface area contributed by atoms with E-state index in [9.17, 15) is 4.79 Å². The third-order valence-corrected chi connectivity index (χ3v) is 2.51. The second kappa shape index (κ2) is 5.72. The molecule has 1 aromatic carbocycles. The van der Waals surface area contributed by atoms with Crippen molar-refractivity contribution in [2.45, 2.75) is 13.8 Å². The lowest BCUT2D eigenvalue weighted by molar-refractivity contribution is 0.101. The number of nitriles is 1. The minimum atomic E-state index is -0.0278. The largest absolute Gasteiger partial charge is 0.360 e. The van der Waals surface area contributed by atoms with E-state index in [1.54, 1.807) is 18.2 Å². The first-order chi connectivity index (χ1) is 8.13. The van der Waals surface area contributed by atoms with Crippen LogP contribution in [0.2, 0.25) is 0 Å². The molecule has 0 unspecified atom stereocenters. The van der Waals surface area contributed by atoms with E-state index >= 15 is 0 Å². The number of hydrogen-bond donors (Lipinski definition) is 0. The van der Waals surface area contributed by atoms with Gasteiger partial charge in [0.25, 0.3) is 0 Å². The number of anilines is 1. The molecule has 0 N–H and O–H groups in total. The quantitative estimate of drug-likeness (QED) is 0.584. The maximum atomic E-state index is 11.5. The Labute approximate surface area is 102 Å². The van der Waals surface area contributed by atoms with Crippen LogP contribution in [0.3, 0.4) is 0 Å². The lowest BCUT2D eigenvalue weighted by Crippen LogP contribution is -2.24. The van der Waals surface area contributed by atoms with Crippen LogP contribution in [0, 0.1) is 23.7 Å². The van der Waals surface area contributed by atoms with Crippen molar-refractivity contribution < 1.29 is 4.79 Å². The zero-order valence-electron chi connectivity index (χ0n) is 10.0. The summed E-state index contributed by atoms with van der Waals surface area (Å²) in [6.07, 6.45) is 5.30. The molecule has 1 rings (SSSR count). The molecule has 3 nitrogen and oxygen atoms in total. The van der Waals surface area contributed by atoms with Crippen molar-refractivity contribution in [3.8, 4) is 18.4 Å². The minimum Gasteiger partial charge on any atom is -0.360 e. The Morgan fingerprint density at radius 1 is 1.53 bits per heavy atom. The molecule has 86 valence electrons. The van der Waals surface area contributed by atoms with Crippen LogP contribution in [0.5, 0.6) is 0 Å². The van der Waals surface area contributed by atoms with Crippen molar-refractivity contribution >= 4 is 11.5 Å². The molecule has 0 aliphatic heterocycles. The summed E-state index contributed by atoms with van der Waals surface area (Å²) in [5, 5.41) is 8.88. The molecule has 0 heterocycles. The highest BCUT2D eigenvalue weighted by atomic mass is 16.1. The van der Waals surface area contributed by atoms with Crippen molar-refractivity contribution in [2.75, 3.05) is 18.0 Å². The highest BCUT2D eigenvalue weighted by Crippen LogP contribution is 2.22. The van der Waals surface area contributed by atoms with E-state index in [1.165, 1.54) is 6.92 Å². The van der Waals surface area contributed by atoms with E-state index in [0.29, 0.717) is 24.2 Å². The van der Waals surface area contributed by atoms with Gasteiger partial charge in [0.05, 0.1) is 18.2 Å². The van der Waals surface area contributed by atoms with E-state index in [-0.39, 0.29) is 5.78 Å². The Hall–Kier alpha value is -2.26. The monoisotopic (exact) mass is 226 g/mol. The maximum Gasteiger partial charge on any atom is 0.161 e. The molecule has 0 bridgehead atoms. The van der Waals surface area contributed by atoms with Crippen LogP contribution in [0.4, 0.5) is 5.69 Å². The van der Waals surface area contributed by atoms with Gasteiger partial charge < -0.3 is 4.90 Å². The fourth-order valence-corrected chi connectivity index (χ4v) is 1.64. The number of nitrogens with zero attached hydrogens (tertiary/aromatic N) is 2. The van der Waals surface area contributed by atoms with E-state index in [2.05, 4.69) is 12.0 Å². The van der Waals surface area contributed by atoms with E-state index in [1.807, 2.05) is 11.8 Å². The Morgan fingerprint density at radius 3 is 2.71 bits per heavy atom. The summed E-state index contributed by atoms with van der Waals surface area (Å²) in [6, 6.07) is 7.09. The van der Waals surface area contributed by atoms with Crippen LogP contribution < -0.4 is 4.90 Å². The second-order valence-electron chi connectivity index (χ2n) is 3.62. The molecular formula is C14H14N2O. The Kier molecular flexibility index (Phi) is 4.31. The first-order valence-corrected chi connectivity index (χ1v) is 5.37. The van der Waals surface area contributed by atoms with E-state index < -0.39 is 0 Å². The molecule has 0 amide bonds. The van der Waals surface area contributed by atoms with Crippen LogP contribution in [-0.2, 0) is 0 Å². The molecule has 0 saturated carbocycles. The van der Waals surface area contributed by atoms with Gasteiger partial charge in [0.2, 0.25) is 0 Å². The first kappa shape index (κ1) is 12.8. The molecule has 0 saturated heterocycles. The topological polar surface area (TPSA) is 44.1 Å². The summed E-state index contributed by atoms with van der Waals surface area (Å²) in [7, 11) is 0. The number of Topliss-reactive ketones (excluding diaryl/α,β-unsaturated/α-hetero) is 1. The lowest BCUT2D eigenvalue weighted by atomic mass is 10.1. The Bertz CT molecular complexity index is 506. The third-order valence-electron chi connectivity index (χ3n) is 2.51. The summed E-state index contributed by atoms with van der Waals surface area (Å²) < 4.78 is 0. The van der Waals surface area contributed by atoms with Crippen LogP contribution in [0.25, 0.3) is 0 Å². The first-order valence-electron chi connectivity index (χ1n) is 5.37. The van der Waals surface area contributed by atoms with Gasteiger partial charge in [-0.2, -0.15) is 5.26 Å². The lowest BCUT2D eigenvalue weighted by Gasteiger charge is -2.22. The molecule has 0 aromatic heterocycles. The van der Waals surface area contributed by atoms with Crippen molar-refractivity contribution in [3.63, 3.8) is 0 Å². The summed E-state index contributed by atoms with van der Waals surface area (Å²) >= 11 is 0. The summed E-state index contributed by atoms with van der Waals surface area (Å²) in [5.74, 6) is 2.52. The van der Waals surface area contributed by atoms with Crippen LogP contribution in [0.1, 0.15) is 29.8 Å². The normalized spacial score (nSPS) is 9.18. The number of carbonyl (C=O) groups excluding carboxylic acids is 1. The zero-order valence-corrected chi connectivity index (χ0v) is 10.0. The van der Waals surface area contributed by atoms with Gasteiger partial charge in [0.15, 0.2) is 5.78 Å². The molecule has 3 heteroatoms. The van der Waals surface area contributed by atoms with Gasteiger partial charge >= 0.3 is 0 Å². The predicted molar refractivity (Wildman–Crippen MR) is 67.9 cm³/mol. The van der Waals surface area contributed by atoms with Crippen LogP contribution >= 0.6 is 0 Å². The summed E-state index contributed by atoms with van der Waals surface area (Å²) in [5.41, 5.74) is 1.86. The molecule has 0 aliphatic carbocycles. The Balaban J connectivity index is 3.31. The number of terminal acetylenes is 1. The fraction of sp³-hybridized carbons (Fsp3) is 0.286. The van der Waals surface area contributed by atoms with E-state index in [0.717, 1.165) is 5.69 Å². The van der Waals surface area contributed by atoms with Crippen molar-refractivity contribution in [2.24, 2.45) is 0 Å². The maximum absolute atomic E-state index is 11.5. The molecular weight excluding hydrogens is 212 g/mol. The highest BCUT2D eigenvalue weighted by molar-refractivity contribution is 6.00. The third kappa shape index (κ3) is 2.86. The van der Waals surface area contributed by atoms with Gasteiger partial charge in [0, 0.05) is 17.8 Å². The number of carbonyl (C=O) groups is 1. The Morgan fingerprint density at radius 2 is 2.24 bits per heavy atom. The number of rotatable bonds is 4. The van der Waals surface area contributed by atoms with Crippen molar-refractivity contribution in [1.82, 2.24) is 0 Å². The van der Waals surface area contributed by atoms with E-state index in [4.69, 9.17) is 11.7 Å². The highest BCUT2D eigenvalue weighted by Gasteiger charge is 2.13. The second-order valence-corrected chi connectivity index (χ2v) is 3.62. The van der Waals surface area contributed by atoms with Crippen molar-refractivity contribution in [1.29, 1.82) is 5.26 Å². The summed E-state index contributed by atoms with van der Waals surface area (Å²) in [6.45, 7) is 4.58. The molecule has 0 atom stereocenters. The molecule has 0 fully saturated rings. The van der Waals surface area contributed by atoms with Gasteiger partial charge in [-0.3, -0.25) is 4.79 Å². The number of ketones is 1. The summed E-state index contributed by atoms with van der Waals surface area (Å²) in [4.78, 5) is 13.4. The van der Waals surface area contributed by atoms with Gasteiger partial charge in [-0.05, 0) is 32.0 Å². The van der Waals surface area contributed by atoms with Crippen LogP contribution in [0.15, 0.2) is 18.2 Å². The molecule has 17 heavy (non-hydrogen) atoms. The molecule has 0 radical (unpaired) electrons. The minimum absolute atomic E-state index is 0.0278. The van der Waals surface area contributed by atoms with Gasteiger partial charge in [-0.25, -0.2) is 0 Å². The van der Waals surface area contributed by atoms with Gasteiger partial charge in [-0.1, -0.05) is 5.92 Å². The average Bonchev–Trinajstić information content (AvgIpc) is 2.35. The number of hydrogen-bond acceptors (Lipinski definition) is 3. The predicted octanol–water partition coefficient (Wildman–Crippen LogP) is 2.22. The van der Waals surface area contributed by atoms with Gasteiger partial charge in [0.1, 0.15) is 0 Å². The molecule has 0 aliphatic rings. The molecule has 0 spiro atoms.